The summed E-state index contributed by atoms with van der Waals surface area (Å²) in [6.07, 6.45) is 6.42. The highest BCUT2D eigenvalue weighted by molar-refractivity contribution is 8.04. The molecule has 19 heavy (non-hydrogen) atoms. The SMILES string of the molecule is CCCSC1(C2C3CC4CC2CN(C4)C3)C=NSN1. The number of rotatable bonds is 4. The van der Waals surface area contributed by atoms with E-state index in [9.17, 15) is 0 Å². The summed E-state index contributed by atoms with van der Waals surface area (Å²) in [6, 6.07) is 0. The molecule has 5 rings (SSSR count). The van der Waals surface area contributed by atoms with E-state index in [1.54, 1.807) is 12.1 Å². The quantitative estimate of drug-likeness (QED) is 0.807. The molecular formula is C14H23N3S2. The molecule has 0 radical (unpaired) electrons. The highest BCUT2D eigenvalue weighted by Gasteiger charge is 2.56. The first-order chi connectivity index (χ1) is 9.31. The van der Waals surface area contributed by atoms with Crippen molar-refractivity contribution in [2.75, 3.05) is 25.4 Å². The van der Waals surface area contributed by atoms with Crippen LogP contribution in [-0.2, 0) is 0 Å². The van der Waals surface area contributed by atoms with Crippen molar-refractivity contribution < 1.29 is 0 Å². The summed E-state index contributed by atoms with van der Waals surface area (Å²) in [5, 5.41) is 0. The Balaban J connectivity index is 1.61. The third kappa shape index (κ3) is 2.08. The number of nitrogens with zero attached hydrogens (tertiary/aromatic N) is 2. The second kappa shape index (κ2) is 4.93. The van der Waals surface area contributed by atoms with Gasteiger partial charge in [0.25, 0.3) is 0 Å². The smallest absolute Gasteiger partial charge is 0.115 e. The lowest BCUT2D eigenvalue weighted by Gasteiger charge is -2.59. The molecule has 3 saturated heterocycles. The van der Waals surface area contributed by atoms with E-state index in [0.29, 0.717) is 0 Å². The average Bonchev–Trinajstić information content (AvgIpc) is 2.85. The molecule has 1 saturated carbocycles. The van der Waals surface area contributed by atoms with Gasteiger partial charge in [0.05, 0.1) is 12.1 Å². The van der Waals surface area contributed by atoms with E-state index in [0.717, 1.165) is 23.7 Å². The van der Waals surface area contributed by atoms with Crippen molar-refractivity contribution in [3.05, 3.63) is 0 Å². The van der Waals surface area contributed by atoms with Crippen LogP contribution in [0.2, 0.25) is 0 Å². The van der Waals surface area contributed by atoms with Gasteiger partial charge in [-0.3, -0.25) is 0 Å². The Bertz CT molecular complexity index is 359. The largest absolute Gasteiger partial charge is 0.302 e. The fourth-order valence-electron chi connectivity index (χ4n) is 4.92. The molecule has 3 atom stereocenters. The molecule has 3 nitrogen and oxygen atoms in total. The molecule has 4 heterocycles. The van der Waals surface area contributed by atoms with Crippen LogP contribution in [0.25, 0.3) is 0 Å². The number of piperidine rings is 3. The van der Waals surface area contributed by atoms with E-state index in [2.05, 4.69) is 38.9 Å². The third-order valence-corrected chi connectivity index (χ3v) is 7.67. The van der Waals surface area contributed by atoms with Gasteiger partial charge >= 0.3 is 0 Å². The fraction of sp³-hybridized carbons (Fsp3) is 0.929. The lowest BCUT2D eigenvalue weighted by Crippen LogP contribution is -2.64. The highest BCUT2D eigenvalue weighted by Crippen LogP contribution is 2.54. The first-order valence-electron chi connectivity index (χ1n) is 7.65. The summed E-state index contributed by atoms with van der Waals surface area (Å²) in [4.78, 5) is 2.85. The van der Waals surface area contributed by atoms with Crippen LogP contribution in [0.15, 0.2) is 4.40 Å². The minimum atomic E-state index is 0.129. The maximum atomic E-state index is 4.47. The summed E-state index contributed by atoms with van der Waals surface area (Å²) in [6.45, 7) is 6.34. The van der Waals surface area contributed by atoms with Crippen LogP contribution in [0.5, 0.6) is 0 Å². The maximum Gasteiger partial charge on any atom is 0.115 e. The zero-order valence-electron chi connectivity index (χ0n) is 11.5. The van der Waals surface area contributed by atoms with Gasteiger partial charge < -0.3 is 4.90 Å². The normalized spacial score (nSPS) is 51.1. The summed E-state index contributed by atoms with van der Waals surface area (Å²) >= 11 is 3.67. The van der Waals surface area contributed by atoms with Crippen LogP contribution in [0.4, 0.5) is 0 Å². The van der Waals surface area contributed by atoms with Gasteiger partial charge in [0, 0.05) is 31.8 Å². The molecule has 106 valence electrons. The zero-order chi connectivity index (χ0) is 12.9. The Hall–Kier alpha value is 0.290. The van der Waals surface area contributed by atoms with Crippen molar-refractivity contribution >= 4 is 30.1 Å². The van der Waals surface area contributed by atoms with Gasteiger partial charge in [0.15, 0.2) is 0 Å². The number of thioether (sulfide) groups is 1. The predicted molar refractivity (Wildman–Crippen MR) is 84.3 cm³/mol. The molecule has 0 aromatic rings. The van der Waals surface area contributed by atoms with E-state index in [1.165, 1.54) is 44.6 Å². The minimum absolute atomic E-state index is 0.129. The summed E-state index contributed by atoms with van der Waals surface area (Å²) < 4.78 is 8.14. The van der Waals surface area contributed by atoms with Crippen LogP contribution in [0.1, 0.15) is 26.2 Å². The van der Waals surface area contributed by atoms with Gasteiger partial charge in [-0.15, -0.1) is 11.8 Å². The van der Waals surface area contributed by atoms with Crippen LogP contribution in [0, 0.1) is 23.7 Å². The third-order valence-electron chi connectivity index (χ3n) is 5.33. The van der Waals surface area contributed by atoms with Crippen LogP contribution in [-0.4, -0.2) is 41.4 Å². The predicted octanol–water partition coefficient (Wildman–Crippen LogP) is 2.65. The fourth-order valence-corrected chi connectivity index (χ4v) is 7.19. The molecule has 4 bridgehead atoms. The molecular weight excluding hydrogens is 274 g/mol. The molecule has 4 fully saturated rings. The van der Waals surface area contributed by atoms with Gasteiger partial charge in [0.2, 0.25) is 0 Å². The Kier molecular flexibility index (Phi) is 3.37. The number of hydrogen-bond donors (Lipinski definition) is 1. The second-order valence-electron chi connectivity index (χ2n) is 6.67. The number of hydrogen-bond acceptors (Lipinski definition) is 5. The van der Waals surface area contributed by atoms with E-state index >= 15 is 0 Å². The Morgan fingerprint density at radius 3 is 2.74 bits per heavy atom. The first-order valence-corrected chi connectivity index (χ1v) is 9.40. The van der Waals surface area contributed by atoms with Crippen LogP contribution >= 0.6 is 23.9 Å². The van der Waals surface area contributed by atoms with Crippen molar-refractivity contribution in [2.45, 2.75) is 31.1 Å². The van der Waals surface area contributed by atoms with Crippen molar-refractivity contribution in [3.63, 3.8) is 0 Å². The van der Waals surface area contributed by atoms with Gasteiger partial charge in [-0.1, -0.05) is 6.92 Å². The highest BCUT2D eigenvalue weighted by atomic mass is 32.2. The molecule has 4 aliphatic heterocycles. The maximum absolute atomic E-state index is 4.47. The van der Waals surface area contributed by atoms with Gasteiger partial charge in [-0.25, -0.2) is 9.12 Å². The molecule has 0 amide bonds. The van der Waals surface area contributed by atoms with Crippen molar-refractivity contribution in [2.24, 2.45) is 28.1 Å². The molecule has 1 aliphatic carbocycles. The molecule has 0 aromatic carbocycles. The lowest BCUT2D eigenvalue weighted by molar-refractivity contribution is -0.0703. The molecule has 0 aromatic heterocycles. The zero-order valence-corrected chi connectivity index (χ0v) is 13.2. The first kappa shape index (κ1) is 13.0. The minimum Gasteiger partial charge on any atom is -0.302 e. The monoisotopic (exact) mass is 297 g/mol. The molecule has 5 heteroatoms. The Morgan fingerprint density at radius 1 is 1.37 bits per heavy atom. The van der Waals surface area contributed by atoms with Crippen molar-refractivity contribution in [1.82, 2.24) is 9.62 Å². The molecule has 5 aliphatic rings. The number of nitrogens with one attached hydrogen (secondary N) is 1. The van der Waals surface area contributed by atoms with Crippen LogP contribution < -0.4 is 4.72 Å². The standard InChI is InChI=1S/C14H23N3S2/c1-2-3-18-14(9-15-19-16-14)13-11-4-10-5-12(13)8-17(6-10)7-11/h9-13,16H,2-8H2,1H3. The van der Waals surface area contributed by atoms with E-state index in [1.807, 2.05) is 0 Å². The second-order valence-corrected chi connectivity index (χ2v) is 8.64. The van der Waals surface area contributed by atoms with E-state index in [4.69, 9.17) is 0 Å². The van der Waals surface area contributed by atoms with Gasteiger partial charge in [0.1, 0.15) is 4.87 Å². The van der Waals surface area contributed by atoms with Gasteiger partial charge in [-0.05, 0) is 42.8 Å². The van der Waals surface area contributed by atoms with Gasteiger partial charge in [-0.2, -0.15) is 0 Å². The van der Waals surface area contributed by atoms with Crippen molar-refractivity contribution in [1.29, 1.82) is 0 Å². The molecule has 0 spiro atoms. The topological polar surface area (TPSA) is 27.6 Å². The lowest BCUT2D eigenvalue weighted by atomic mass is 9.60. The van der Waals surface area contributed by atoms with E-state index in [-0.39, 0.29) is 4.87 Å². The average molecular weight is 297 g/mol. The molecule has 3 unspecified atom stereocenters. The van der Waals surface area contributed by atoms with Crippen LogP contribution in [0.3, 0.4) is 0 Å². The summed E-state index contributed by atoms with van der Waals surface area (Å²) in [7, 11) is 0. The van der Waals surface area contributed by atoms with Crippen molar-refractivity contribution in [3.8, 4) is 0 Å². The van der Waals surface area contributed by atoms with E-state index < -0.39 is 0 Å². The molecule has 1 N–H and O–H groups in total. The summed E-state index contributed by atoms with van der Waals surface area (Å²) in [5.74, 6) is 4.83. The Labute approximate surface area is 124 Å². The summed E-state index contributed by atoms with van der Waals surface area (Å²) in [5.41, 5.74) is 0. The Morgan fingerprint density at radius 2 is 2.16 bits per heavy atom.